The van der Waals surface area contributed by atoms with E-state index < -0.39 is 0 Å². The minimum atomic E-state index is -0.192. The first-order valence-electron chi connectivity index (χ1n) is 8.40. The molecular formula is C21H13N3O3. The van der Waals surface area contributed by atoms with Crippen molar-refractivity contribution >= 4 is 22.6 Å². The Hall–Kier alpha value is -3.80. The van der Waals surface area contributed by atoms with Crippen molar-refractivity contribution in [3.63, 3.8) is 0 Å². The van der Waals surface area contributed by atoms with E-state index >= 15 is 0 Å². The molecule has 6 heteroatoms. The van der Waals surface area contributed by atoms with Crippen LogP contribution in [0.5, 0.6) is 5.88 Å². The molecule has 0 fully saturated rings. The second-order valence-electron chi connectivity index (χ2n) is 6.24. The Morgan fingerprint density at radius 1 is 0.815 bits per heavy atom. The number of ketones is 2. The average molecular weight is 355 g/mol. The number of rotatable bonds is 2. The van der Waals surface area contributed by atoms with Crippen LogP contribution in [0.1, 0.15) is 31.8 Å². The number of hydrogen-bond donors (Lipinski definition) is 1. The molecule has 4 aromatic rings. The van der Waals surface area contributed by atoms with Crippen LogP contribution >= 0.6 is 0 Å². The van der Waals surface area contributed by atoms with Gasteiger partial charge in [-0.1, -0.05) is 30.3 Å². The Balaban J connectivity index is 1.74. The SMILES string of the molecule is COc1cccc(-c2nc3c4c(ccc3[nH]2)C(=O)c2ccccc2C4=O)n1. The maximum atomic E-state index is 13.1. The van der Waals surface area contributed by atoms with Gasteiger partial charge in [-0.25, -0.2) is 9.97 Å². The summed E-state index contributed by atoms with van der Waals surface area (Å²) in [5, 5.41) is 0. The van der Waals surface area contributed by atoms with Gasteiger partial charge in [-0.2, -0.15) is 0 Å². The highest BCUT2D eigenvalue weighted by Gasteiger charge is 2.32. The quantitative estimate of drug-likeness (QED) is 0.524. The summed E-state index contributed by atoms with van der Waals surface area (Å²) >= 11 is 0. The number of fused-ring (bicyclic) bond motifs is 4. The number of aromatic amines is 1. The number of H-pyrrole nitrogens is 1. The van der Waals surface area contributed by atoms with Crippen LogP contribution in [-0.4, -0.2) is 33.6 Å². The monoisotopic (exact) mass is 355 g/mol. The van der Waals surface area contributed by atoms with E-state index in [-0.39, 0.29) is 11.6 Å². The van der Waals surface area contributed by atoms with Crippen molar-refractivity contribution in [1.29, 1.82) is 0 Å². The first-order valence-corrected chi connectivity index (χ1v) is 8.40. The van der Waals surface area contributed by atoms with Crippen molar-refractivity contribution in [3.8, 4) is 17.4 Å². The summed E-state index contributed by atoms with van der Waals surface area (Å²) in [5.74, 6) is 0.625. The molecule has 0 amide bonds. The summed E-state index contributed by atoms with van der Waals surface area (Å²) in [5.41, 5.74) is 3.29. The largest absolute Gasteiger partial charge is 0.481 e. The van der Waals surface area contributed by atoms with Crippen molar-refractivity contribution in [2.75, 3.05) is 7.11 Å². The van der Waals surface area contributed by atoms with Crippen LogP contribution in [0.3, 0.4) is 0 Å². The Bertz CT molecular complexity index is 1260. The van der Waals surface area contributed by atoms with Gasteiger partial charge < -0.3 is 9.72 Å². The zero-order chi connectivity index (χ0) is 18.5. The number of pyridine rings is 1. The third-order valence-corrected chi connectivity index (χ3v) is 4.72. The van der Waals surface area contributed by atoms with Gasteiger partial charge in [0.2, 0.25) is 5.88 Å². The molecule has 1 N–H and O–H groups in total. The predicted molar refractivity (Wildman–Crippen MR) is 99.2 cm³/mol. The van der Waals surface area contributed by atoms with Crippen molar-refractivity contribution in [1.82, 2.24) is 15.0 Å². The number of methoxy groups -OCH3 is 1. The maximum Gasteiger partial charge on any atom is 0.213 e. The molecule has 2 heterocycles. The highest BCUT2D eigenvalue weighted by molar-refractivity contribution is 6.31. The Labute approximate surface area is 153 Å². The summed E-state index contributed by atoms with van der Waals surface area (Å²) in [4.78, 5) is 38.0. The molecular weight excluding hydrogens is 342 g/mol. The van der Waals surface area contributed by atoms with E-state index in [4.69, 9.17) is 4.74 Å². The summed E-state index contributed by atoms with van der Waals surface area (Å²) in [7, 11) is 1.54. The van der Waals surface area contributed by atoms with Crippen molar-refractivity contribution in [3.05, 3.63) is 76.9 Å². The third-order valence-electron chi connectivity index (χ3n) is 4.72. The summed E-state index contributed by atoms with van der Waals surface area (Å²) < 4.78 is 5.16. The predicted octanol–water partition coefficient (Wildman–Crippen LogP) is 3.41. The Morgan fingerprint density at radius 3 is 2.37 bits per heavy atom. The minimum Gasteiger partial charge on any atom is -0.481 e. The lowest BCUT2D eigenvalue weighted by Crippen LogP contribution is -2.21. The van der Waals surface area contributed by atoms with E-state index in [1.807, 2.05) is 6.07 Å². The molecule has 0 saturated heterocycles. The minimum absolute atomic E-state index is 0.161. The summed E-state index contributed by atoms with van der Waals surface area (Å²) in [6.07, 6.45) is 0. The lowest BCUT2D eigenvalue weighted by atomic mass is 9.83. The van der Waals surface area contributed by atoms with Gasteiger partial charge in [0.05, 0.1) is 18.2 Å². The van der Waals surface area contributed by atoms with Gasteiger partial charge in [0.1, 0.15) is 11.2 Å². The molecule has 0 aliphatic heterocycles. The molecule has 1 aliphatic carbocycles. The van der Waals surface area contributed by atoms with Gasteiger partial charge in [-0.15, -0.1) is 0 Å². The van der Waals surface area contributed by atoms with Gasteiger partial charge >= 0.3 is 0 Å². The molecule has 130 valence electrons. The highest BCUT2D eigenvalue weighted by atomic mass is 16.5. The molecule has 6 nitrogen and oxygen atoms in total. The van der Waals surface area contributed by atoms with Crippen LogP contribution in [0, 0.1) is 0 Å². The first-order chi connectivity index (χ1) is 13.2. The number of hydrogen-bond acceptors (Lipinski definition) is 5. The number of carbonyl (C=O) groups is 2. The number of carbonyl (C=O) groups excluding carboxylic acids is 2. The zero-order valence-corrected chi connectivity index (χ0v) is 14.3. The number of imidazole rings is 1. The standard InChI is InChI=1S/C21H13N3O3/c1-27-16-8-4-7-15(22-16)21-23-14-10-9-13-17(18(14)24-21)20(26)12-6-3-2-5-11(12)19(13)25/h2-10H,1H3,(H,23,24). The Morgan fingerprint density at radius 2 is 1.59 bits per heavy atom. The fourth-order valence-electron chi connectivity index (χ4n) is 3.44. The molecule has 5 rings (SSSR count). The summed E-state index contributed by atoms with van der Waals surface area (Å²) in [6, 6.07) is 15.7. The molecule has 0 bridgehead atoms. The van der Waals surface area contributed by atoms with Crippen LogP contribution in [0.2, 0.25) is 0 Å². The van der Waals surface area contributed by atoms with Crippen molar-refractivity contribution in [2.24, 2.45) is 0 Å². The van der Waals surface area contributed by atoms with E-state index in [0.29, 0.717) is 50.7 Å². The van der Waals surface area contributed by atoms with Gasteiger partial charge in [0.25, 0.3) is 0 Å². The van der Waals surface area contributed by atoms with Gasteiger partial charge in [-0.05, 0) is 18.2 Å². The number of nitrogens with one attached hydrogen (secondary N) is 1. The van der Waals surface area contributed by atoms with Crippen LogP contribution in [0.25, 0.3) is 22.6 Å². The molecule has 2 aromatic heterocycles. The number of nitrogens with zero attached hydrogens (tertiary/aromatic N) is 2. The van der Waals surface area contributed by atoms with Crippen LogP contribution in [-0.2, 0) is 0 Å². The van der Waals surface area contributed by atoms with E-state index in [2.05, 4.69) is 15.0 Å². The average Bonchev–Trinajstić information content (AvgIpc) is 3.16. The van der Waals surface area contributed by atoms with Gasteiger partial charge in [-0.3, -0.25) is 9.59 Å². The van der Waals surface area contributed by atoms with Crippen molar-refractivity contribution < 1.29 is 14.3 Å². The first kappa shape index (κ1) is 15.5. The fourth-order valence-corrected chi connectivity index (χ4v) is 3.44. The van der Waals surface area contributed by atoms with E-state index in [0.717, 1.165) is 0 Å². The number of benzene rings is 2. The molecule has 1 aliphatic rings. The van der Waals surface area contributed by atoms with Gasteiger partial charge in [0, 0.05) is 22.8 Å². The lowest BCUT2D eigenvalue weighted by Gasteiger charge is -2.17. The lowest BCUT2D eigenvalue weighted by molar-refractivity contribution is 0.0980. The fraction of sp³-hybridized carbons (Fsp3) is 0.0476. The van der Waals surface area contributed by atoms with E-state index in [9.17, 15) is 9.59 Å². The van der Waals surface area contributed by atoms with Crippen LogP contribution in [0.15, 0.2) is 54.6 Å². The molecule has 0 atom stereocenters. The second-order valence-corrected chi connectivity index (χ2v) is 6.24. The maximum absolute atomic E-state index is 13.1. The second kappa shape index (κ2) is 5.60. The Kier molecular flexibility index (Phi) is 3.21. The zero-order valence-electron chi connectivity index (χ0n) is 14.3. The van der Waals surface area contributed by atoms with Gasteiger partial charge in [0.15, 0.2) is 17.4 Å². The third kappa shape index (κ3) is 2.20. The molecule has 0 spiro atoms. The number of aromatic nitrogens is 3. The molecule has 0 radical (unpaired) electrons. The van der Waals surface area contributed by atoms with E-state index in [1.54, 1.807) is 55.6 Å². The van der Waals surface area contributed by atoms with Crippen LogP contribution < -0.4 is 4.74 Å². The summed E-state index contributed by atoms with van der Waals surface area (Å²) in [6.45, 7) is 0. The molecule has 0 saturated carbocycles. The smallest absolute Gasteiger partial charge is 0.213 e. The normalized spacial score (nSPS) is 12.8. The van der Waals surface area contributed by atoms with Crippen molar-refractivity contribution in [2.45, 2.75) is 0 Å². The molecule has 27 heavy (non-hydrogen) atoms. The molecule has 0 unspecified atom stereocenters. The van der Waals surface area contributed by atoms with Crippen LogP contribution in [0.4, 0.5) is 0 Å². The molecule has 2 aromatic carbocycles. The topological polar surface area (TPSA) is 84.9 Å². The number of ether oxygens (including phenoxy) is 1. The van der Waals surface area contributed by atoms with E-state index in [1.165, 1.54) is 0 Å². The highest BCUT2D eigenvalue weighted by Crippen LogP contribution is 2.32.